The summed E-state index contributed by atoms with van der Waals surface area (Å²) in [7, 11) is 1.63. The molecule has 0 saturated carbocycles. The minimum Gasteiger partial charge on any atom is -0.508 e. The van der Waals surface area contributed by atoms with Crippen LogP contribution in [0.1, 0.15) is 22.3 Å². The quantitative estimate of drug-likeness (QED) is 0.700. The molecule has 19 heavy (non-hydrogen) atoms. The van der Waals surface area contributed by atoms with Crippen molar-refractivity contribution in [2.45, 2.75) is 13.3 Å². The van der Waals surface area contributed by atoms with Crippen LogP contribution in [0.3, 0.4) is 0 Å². The summed E-state index contributed by atoms with van der Waals surface area (Å²) >= 11 is 0. The normalized spacial score (nSPS) is 10.4. The van der Waals surface area contributed by atoms with Crippen LogP contribution in [0.4, 0.5) is 0 Å². The highest BCUT2D eigenvalue weighted by Gasteiger charge is 2.06. The number of aryl methyl sites for hydroxylation is 1. The van der Waals surface area contributed by atoms with Gasteiger partial charge in [0.05, 0.1) is 13.2 Å². The molecular formula is C14H21NO4. The SMILES string of the molecule is COCCOCCCNC(=O)c1ccc(O)c(C)c1. The second-order valence-electron chi connectivity index (χ2n) is 4.22. The molecule has 1 amide bonds. The van der Waals surface area contributed by atoms with Crippen LogP contribution >= 0.6 is 0 Å². The Morgan fingerprint density at radius 1 is 1.32 bits per heavy atom. The Morgan fingerprint density at radius 2 is 2.11 bits per heavy atom. The van der Waals surface area contributed by atoms with Gasteiger partial charge in [-0.25, -0.2) is 0 Å². The van der Waals surface area contributed by atoms with Crippen molar-refractivity contribution in [1.82, 2.24) is 5.32 Å². The van der Waals surface area contributed by atoms with Crippen molar-refractivity contribution in [3.05, 3.63) is 29.3 Å². The molecule has 0 heterocycles. The first-order valence-electron chi connectivity index (χ1n) is 6.29. The largest absolute Gasteiger partial charge is 0.508 e. The summed E-state index contributed by atoms with van der Waals surface area (Å²) in [6.45, 7) is 4.07. The Morgan fingerprint density at radius 3 is 2.79 bits per heavy atom. The van der Waals surface area contributed by atoms with E-state index in [0.29, 0.717) is 37.5 Å². The molecule has 0 aromatic heterocycles. The number of methoxy groups -OCH3 is 1. The van der Waals surface area contributed by atoms with Gasteiger partial charge in [0, 0.05) is 25.8 Å². The highest BCUT2D eigenvalue weighted by Crippen LogP contribution is 2.16. The number of phenolic OH excluding ortho intramolecular Hbond substituents is 1. The van der Waals surface area contributed by atoms with E-state index < -0.39 is 0 Å². The molecule has 1 aromatic rings. The van der Waals surface area contributed by atoms with Crippen LogP contribution in [0.25, 0.3) is 0 Å². The Bertz CT molecular complexity index is 406. The number of carbonyl (C=O) groups is 1. The third kappa shape index (κ3) is 5.72. The van der Waals surface area contributed by atoms with Gasteiger partial charge in [0.15, 0.2) is 0 Å². The minimum atomic E-state index is -0.139. The van der Waals surface area contributed by atoms with Gasteiger partial charge in [0.25, 0.3) is 5.91 Å². The summed E-state index contributed by atoms with van der Waals surface area (Å²) in [5.74, 6) is 0.0584. The van der Waals surface area contributed by atoms with Crippen molar-refractivity contribution in [2.24, 2.45) is 0 Å². The molecule has 5 heteroatoms. The maximum absolute atomic E-state index is 11.8. The van der Waals surface area contributed by atoms with E-state index in [9.17, 15) is 9.90 Å². The first-order valence-corrected chi connectivity index (χ1v) is 6.29. The molecule has 0 aliphatic rings. The van der Waals surface area contributed by atoms with Gasteiger partial charge in [-0.1, -0.05) is 0 Å². The van der Waals surface area contributed by atoms with Crippen LogP contribution in [-0.2, 0) is 9.47 Å². The van der Waals surface area contributed by atoms with Crippen molar-refractivity contribution < 1.29 is 19.4 Å². The Kier molecular flexibility index (Phi) is 6.92. The van der Waals surface area contributed by atoms with Crippen LogP contribution in [0.15, 0.2) is 18.2 Å². The van der Waals surface area contributed by atoms with Crippen LogP contribution in [0.5, 0.6) is 5.75 Å². The summed E-state index contributed by atoms with van der Waals surface area (Å²) in [4.78, 5) is 11.8. The Hall–Kier alpha value is -1.59. The highest BCUT2D eigenvalue weighted by molar-refractivity contribution is 5.94. The Labute approximate surface area is 113 Å². The number of aromatic hydroxyl groups is 1. The third-order valence-electron chi connectivity index (χ3n) is 2.64. The van der Waals surface area contributed by atoms with Gasteiger partial charge in [-0.05, 0) is 37.1 Å². The maximum Gasteiger partial charge on any atom is 0.251 e. The zero-order chi connectivity index (χ0) is 14.1. The monoisotopic (exact) mass is 267 g/mol. The fourth-order valence-corrected chi connectivity index (χ4v) is 1.52. The highest BCUT2D eigenvalue weighted by atomic mass is 16.5. The number of carbonyl (C=O) groups excluding carboxylic acids is 1. The van der Waals surface area contributed by atoms with E-state index in [1.54, 1.807) is 26.2 Å². The summed E-state index contributed by atoms with van der Waals surface area (Å²) < 4.78 is 10.1. The fourth-order valence-electron chi connectivity index (χ4n) is 1.52. The lowest BCUT2D eigenvalue weighted by Crippen LogP contribution is -2.25. The van der Waals surface area contributed by atoms with Crippen molar-refractivity contribution in [3.63, 3.8) is 0 Å². The van der Waals surface area contributed by atoms with E-state index >= 15 is 0 Å². The first-order chi connectivity index (χ1) is 9.15. The average molecular weight is 267 g/mol. The average Bonchev–Trinajstić information content (AvgIpc) is 2.40. The summed E-state index contributed by atoms with van der Waals surface area (Å²) in [5, 5.41) is 12.2. The van der Waals surface area contributed by atoms with Gasteiger partial charge < -0.3 is 19.9 Å². The van der Waals surface area contributed by atoms with Crippen LogP contribution in [0, 0.1) is 6.92 Å². The molecule has 0 radical (unpaired) electrons. The zero-order valence-electron chi connectivity index (χ0n) is 11.4. The van der Waals surface area contributed by atoms with Crippen molar-refractivity contribution in [3.8, 4) is 5.75 Å². The molecule has 106 valence electrons. The van der Waals surface area contributed by atoms with Gasteiger partial charge in [0.1, 0.15) is 5.75 Å². The van der Waals surface area contributed by atoms with Gasteiger partial charge in [-0.15, -0.1) is 0 Å². The number of amides is 1. The topological polar surface area (TPSA) is 67.8 Å². The van der Waals surface area contributed by atoms with Crippen LogP contribution < -0.4 is 5.32 Å². The molecule has 1 aromatic carbocycles. The lowest BCUT2D eigenvalue weighted by atomic mass is 10.1. The maximum atomic E-state index is 11.8. The Balaban J connectivity index is 2.22. The molecule has 0 fully saturated rings. The molecule has 0 spiro atoms. The summed E-state index contributed by atoms with van der Waals surface area (Å²) in [6, 6.07) is 4.80. The van der Waals surface area contributed by atoms with E-state index in [2.05, 4.69) is 5.32 Å². The molecule has 2 N–H and O–H groups in total. The standard InChI is InChI=1S/C14H21NO4/c1-11-10-12(4-5-13(11)16)14(17)15-6-3-7-19-9-8-18-2/h4-5,10,16H,3,6-9H2,1-2H3,(H,15,17). The number of rotatable bonds is 8. The first kappa shape index (κ1) is 15.5. The predicted molar refractivity (Wildman–Crippen MR) is 72.5 cm³/mol. The molecule has 1 rings (SSSR count). The van der Waals surface area contributed by atoms with Gasteiger partial charge in [-0.3, -0.25) is 4.79 Å². The van der Waals surface area contributed by atoms with Gasteiger partial charge >= 0.3 is 0 Å². The van der Waals surface area contributed by atoms with E-state index in [-0.39, 0.29) is 11.7 Å². The smallest absolute Gasteiger partial charge is 0.251 e. The summed E-state index contributed by atoms with van der Waals surface area (Å²) in [6.07, 6.45) is 0.756. The fraction of sp³-hybridized carbons (Fsp3) is 0.500. The third-order valence-corrected chi connectivity index (χ3v) is 2.64. The van der Waals surface area contributed by atoms with Crippen molar-refractivity contribution in [1.29, 1.82) is 0 Å². The van der Waals surface area contributed by atoms with E-state index in [1.165, 1.54) is 6.07 Å². The lowest BCUT2D eigenvalue weighted by molar-refractivity contribution is 0.0688. The molecule has 0 aliphatic carbocycles. The van der Waals surface area contributed by atoms with E-state index in [0.717, 1.165) is 6.42 Å². The number of phenols is 1. The molecule has 0 bridgehead atoms. The second kappa shape index (κ2) is 8.50. The second-order valence-corrected chi connectivity index (χ2v) is 4.22. The number of nitrogens with one attached hydrogen (secondary N) is 1. The number of hydrogen-bond donors (Lipinski definition) is 2. The van der Waals surface area contributed by atoms with Crippen molar-refractivity contribution >= 4 is 5.91 Å². The lowest BCUT2D eigenvalue weighted by Gasteiger charge is -2.07. The molecular weight excluding hydrogens is 246 g/mol. The van der Waals surface area contributed by atoms with Crippen molar-refractivity contribution in [2.75, 3.05) is 33.5 Å². The zero-order valence-corrected chi connectivity index (χ0v) is 11.4. The number of ether oxygens (including phenoxy) is 2. The molecule has 0 unspecified atom stereocenters. The van der Waals surface area contributed by atoms with E-state index in [1.807, 2.05) is 0 Å². The minimum absolute atomic E-state index is 0.139. The molecule has 0 atom stereocenters. The summed E-state index contributed by atoms with van der Waals surface area (Å²) in [5.41, 5.74) is 1.24. The molecule has 0 saturated heterocycles. The number of benzene rings is 1. The van der Waals surface area contributed by atoms with Gasteiger partial charge in [0.2, 0.25) is 0 Å². The van der Waals surface area contributed by atoms with Gasteiger partial charge in [-0.2, -0.15) is 0 Å². The molecule has 5 nitrogen and oxygen atoms in total. The van der Waals surface area contributed by atoms with Crippen LogP contribution in [0.2, 0.25) is 0 Å². The predicted octanol–water partition coefficient (Wildman–Crippen LogP) is 1.48. The number of hydrogen-bond acceptors (Lipinski definition) is 4. The van der Waals surface area contributed by atoms with E-state index in [4.69, 9.17) is 9.47 Å². The van der Waals surface area contributed by atoms with Crippen LogP contribution in [-0.4, -0.2) is 44.5 Å². The molecule has 0 aliphatic heterocycles.